The highest BCUT2D eigenvalue weighted by atomic mass is 16.1. The first-order valence-corrected chi connectivity index (χ1v) is 8.45. The molecule has 2 saturated carbocycles. The summed E-state index contributed by atoms with van der Waals surface area (Å²) in [5.41, 5.74) is 0. The van der Waals surface area contributed by atoms with Gasteiger partial charge in [-0.15, -0.1) is 0 Å². The molecule has 0 saturated heterocycles. The molecule has 2 rings (SSSR count). The Hall–Kier alpha value is -0.330. The molecule has 2 aliphatic rings. The van der Waals surface area contributed by atoms with Crippen molar-refractivity contribution in [3.05, 3.63) is 0 Å². The van der Waals surface area contributed by atoms with E-state index in [1.165, 1.54) is 12.8 Å². The van der Waals surface area contributed by atoms with Crippen LogP contribution in [0.15, 0.2) is 0 Å². The largest absolute Gasteiger partial charge is 0.299 e. The maximum absolute atomic E-state index is 12.4. The molecule has 1 heteroatoms. The van der Waals surface area contributed by atoms with Crippen molar-refractivity contribution in [2.24, 2.45) is 41.4 Å². The molecule has 6 atom stereocenters. The van der Waals surface area contributed by atoms with E-state index in [9.17, 15) is 4.79 Å². The molecule has 0 aliphatic heterocycles. The number of rotatable bonds is 2. The Labute approximate surface area is 120 Å². The summed E-state index contributed by atoms with van der Waals surface area (Å²) in [6.45, 7) is 15.5. The highest BCUT2D eigenvalue weighted by Crippen LogP contribution is 2.50. The number of carbonyl (C=O) groups is 1. The Morgan fingerprint density at radius 3 is 2.21 bits per heavy atom. The number of hydrogen-bond acceptors (Lipinski definition) is 1. The molecule has 0 aromatic rings. The maximum atomic E-state index is 12.4. The van der Waals surface area contributed by atoms with Crippen LogP contribution in [-0.4, -0.2) is 5.78 Å². The first kappa shape index (κ1) is 16.7. The fourth-order valence-corrected chi connectivity index (χ4v) is 4.40. The lowest BCUT2D eigenvalue weighted by atomic mass is 9.54. The molecule has 0 aromatic carbocycles. The van der Waals surface area contributed by atoms with Gasteiger partial charge >= 0.3 is 0 Å². The average Bonchev–Trinajstić information content (AvgIpc) is 2.38. The van der Waals surface area contributed by atoms with E-state index in [-0.39, 0.29) is 0 Å². The molecular formula is C18H34O. The third kappa shape index (κ3) is 3.41. The predicted molar refractivity (Wildman–Crippen MR) is 83.0 cm³/mol. The van der Waals surface area contributed by atoms with Crippen LogP contribution in [0.25, 0.3) is 0 Å². The third-order valence-corrected chi connectivity index (χ3v) is 5.57. The normalized spacial score (nSPS) is 41.8. The Morgan fingerprint density at radius 2 is 1.68 bits per heavy atom. The monoisotopic (exact) mass is 266 g/mol. The number of carbonyl (C=O) groups excluding carboxylic acids is 1. The second kappa shape index (κ2) is 6.90. The van der Waals surface area contributed by atoms with E-state index in [0.29, 0.717) is 23.5 Å². The molecule has 2 fully saturated rings. The molecule has 0 N–H and O–H groups in total. The SMILES string of the molecule is CC.CC(C)CC1C(C)C(=O)C2CC(C)C(C)C1C2. The van der Waals surface area contributed by atoms with E-state index >= 15 is 0 Å². The Morgan fingerprint density at radius 1 is 1.11 bits per heavy atom. The first-order valence-electron chi connectivity index (χ1n) is 8.45. The van der Waals surface area contributed by atoms with Gasteiger partial charge in [0.2, 0.25) is 0 Å². The molecule has 0 radical (unpaired) electrons. The number of fused-ring (bicyclic) bond motifs is 2. The number of hydrogen-bond donors (Lipinski definition) is 0. The fraction of sp³-hybridized carbons (Fsp3) is 0.944. The molecule has 112 valence electrons. The second-order valence-electron chi connectivity index (χ2n) is 7.15. The third-order valence-electron chi connectivity index (χ3n) is 5.57. The van der Waals surface area contributed by atoms with Crippen molar-refractivity contribution in [1.82, 2.24) is 0 Å². The van der Waals surface area contributed by atoms with Crippen LogP contribution in [0.1, 0.15) is 67.7 Å². The summed E-state index contributed by atoms with van der Waals surface area (Å²) in [7, 11) is 0. The summed E-state index contributed by atoms with van der Waals surface area (Å²) in [6.07, 6.45) is 3.57. The lowest BCUT2D eigenvalue weighted by Gasteiger charge is -2.49. The van der Waals surface area contributed by atoms with Gasteiger partial charge in [0.05, 0.1) is 0 Å². The minimum absolute atomic E-state index is 0.316. The van der Waals surface area contributed by atoms with Crippen LogP contribution in [0, 0.1) is 41.4 Å². The maximum Gasteiger partial charge on any atom is 0.139 e. The zero-order chi connectivity index (χ0) is 14.7. The molecule has 2 bridgehead atoms. The summed E-state index contributed by atoms with van der Waals surface area (Å²) in [4.78, 5) is 12.4. The van der Waals surface area contributed by atoms with E-state index in [2.05, 4.69) is 34.6 Å². The van der Waals surface area contributed by atoms with Gasteiger partial charge in [-0.3, -0.25) is 4.79 Å². The van der Waals surface area contributed by atoms with E-state index < -0.39 is 0 Å². The van der Waals surface area contributed by atoms with E-state index in [1.807, 2.05) is 13.8 Å². The van der Waals surface area contributed by atoms with Gasteiger partial charge < -0.3 is 0 Å². The van der Waals surface area contributed by atoms with Crippen LogP contribution in [0.5, 0.6) is 0 Å². The quantitative estimate of drug-likeness (QED) is 0.672. The number of ketones is 1. The van der Waals surface area contributed by atoms with Gasteiger partial charge in [0.15, 0.2) is 0 Å². The van der Waals surface area contributed by atoms with Gasteiger partial charge in [0.25, 0.3) is 0 Å². The molecule has 0 heterocycles. The topological polar surface area (TPSA) is 17.1 Å². The number of Topliss-reactive ketones (excluding diaryl/α,β-unsaturated/α-hetero) is 1. The highest BCUT2D eigenvalue weighted by molar-refractivity contribution is 5.84. The van der Waals surface area contributed by atoms with Gasteiger partial charge in [-0.25, -0.2) is 0 Å². The molecule has 1 nitrogen and oxygen atoms in total. The molecule has 2 aliphatic carbocycles. The van der Waals surface area contributed by atoms with Gasteiger partial charge in [-0.1, -0.05) is 48.5 Å². The van der Waals surface area contributed by atoms with Crippen molar-refractivity contribution in [1.29, 1.82) is 0 Å². The summed E-state index contributed by atoms with van der Waals surface area (Å²) in [5, 5.41) is 0. The zero-order valence-corrected chi connectivity index (χ0v) is 14.1. The minimum atomic E-state index is 0.316. The summed E-state index contributed by atoms with van der Waals surface area (Å²) < 4.78 is 0. The van der Waals surface area contributed by atoms with Crippen LogP contribution in [-0.2, 0) is 4.79 Å². The Kier molecular flexibility index (Phi) is 6.08. The van der Waals surface area contributed by atoms with Crippen LogP contribution >= 0.6 is 0 Å². The van der Waals surface area contributed by atoms with Gasteiger partial charge in [-0.2, -0.15) is 0 Å². The van der Waals surface area contributed by atoms with Gasteiger partial charge in [-0.05, 0) is 48.9 Å². The lowest BCUT2D eigenvalue weighted by molar-refractivity contribution is -0.139. The van der Waals surface area contributed by atoms with Crippen molar-refractivity contribution in [2.45, 2.75) is 67.7 Å². The smallest absolute Gasteiger partial charge is 0.139 e. The summed E-state index contributed by atoms with van der Waals surface area (Å²) in [6, 6.07) is 0. The first-order chi connectivity index (χ1) is 8.91. The van der Waals surface area contributed by atoms with Crippen molar-refractivity contribution in [3.63, 3.8) is 0 Å². The average molecular weight is 266 g/mol. The van der Waals surface area contributed by atoms with Crippen LogP contribution in [0.2, 0.25) is 0 Å². The predicted octanol–water partition coefficient (Wildman–Crippen LogP) is 5.19. The molecular weight excluding hydrogens is 232 g/mol. The van der Waals surface area contributed by atoms with E-state index in [1.54, 1.807) is 0 Å². The molecule has 0 spiro atoms. The van der Waals surface area contributed by atoms with Crippen molar-refractivity contribution >= 4 is 5.78 Å². The highest BCUT2D eigenvalue weighted by Gasteiger charge is 2.47. The van der Waals surface area contributed by atoms with Crippen molar-refractivity contribution in [3.8, 4) is 0 Å². The molecule has 0 aromatic heterocycles. The lowest BCUT2D eigenvalue weighted by Crippen LogP contribution is -2.47. The summed E-state index contributed by atoms with van der Waals surface area (Å²) in [5.74, 6) is 5.01. The van der Waals surface area contributed by atoms with Crippen LogP contribution in [0.4, 0.5) is 0 Å². The van der Waals surface area contributed by atoms with Crippen molar-refractivity contribution in [2.75, 3.05) is 0 Å². The van der Waals surface area contributed by atoms with E-state index in [4.69, 9.17) is 0 Å². The minimum Gasteiger partial charge on any atom is -0.299 e. The standard InChI is InChI=1S/C16H28O.C2H6/c1-9(2)6-14-12(5)16(17)13-7-10(3)11(4)15(14)8-13;1-2/h9-15H,6-8H2,1-5H3;1-2H3. The van der Waals surface area contributed by atoms with Crippen LogP contribution < -0.4 is 0 Å². The molecule has 6 unspecified atom stereocenters. The van der Waals surface area contributed by atoms with Crippen molar-refractivity contribution < 1.29 is 4.79 Å². The Bertz CT molecular complexity index is 294. The molecule has 19 heavy (non-hydrogen) atoms. The van der Waals surface area contributed by atoms with Gasteiger partial charge in [0, 0.05) is 11.8 Å². The fourth-order valence-electron chi connectivity index (χ4n) is 4.40. The van der Waals surface area contributed by atoms with E-state index in [0.717, 1.165) is 30.1 Å². The van der Waals surface area contributed by atoms with Gasteiger partial charge in [0.1, 0.15) is 5.78 Å². The second-order valence-corrected chi connectivity index (χ2v) is 7.15. The zero-order valence-electron chi connectivity index (χ0n) is 14.1. The Balaban J connectivity index is 0.000000861. The van der Waals surface area contributed by atoms with Crippen LogP contribution in [0.3, 0.4) is 0 Å². The summed E-state index contributed by atoms with van der Waals surface area (Å²) >= 11 is 0. The molecule has 0 amide bonds.